The number of ether oxygens (including phenoxy) is 1. The van der Waals surface area contributed by atoms with Crippen molar-refractivity contribution in [3.05, 3.63) is 29.6 Å². The van der Waals surface area contributed by atoms with Gasteiger partial charge in [-0.1, -0.05) is 6.92 Å². The van der Waals surface area contributed by atoms with Crippen molar-refractivity contribution in [3.63, 3.8) is 0 Å². The molecule has 1 aromatic rings. The van der Waals surface area contributed by atoms with Gasteiger partial charge in [0.1, 0.15) is 0 Å². The summed E-state index contributed by atoms with van der Waals surface area (Å²) in [6.45, 7) is 4.54. The van der Waals surface area contributed by atoms with Crippen LogP contribution >= 0.6 is 0 Å². The van der Waals surface area contributed by atoms with Crippen LogP contribution in [0.3, 0.4) is 0 Å². The maximum Gasteiger partial charge on any atom is 0.337 e. The fourth-order valence-corrected chi connectivity index (χ4v) is 2.52. The van der Waals surface area contributed by atoms with Gasteiger partial charge < -0.3 is 9.84 Å². The van der Waals surface area contributed by atoms with E-state index in [1.54, 1.807) is 25.4 Å². The van der Waals surface area contributed by atoms with Crippen molar-refractivity contribution in [2.24, 2.45) is 5.92 Å². The van der Waals surface area contributed by atoms with E-state index >= 15 is 0 Å². The van der Waals surface area contributed by atoms with Gasteiger partial charge >= 0.3 is 5.97 Å². The normalized spacial score (nSPS) is 24.3. The molecule has 0 aromatic carbocycles. The third-order valence-electron chi connectivity index (χ3n) is 3.77. The van der Waals surface area contributed by atoms with Crippen LogP contribution in [0, 0.1) is 5.92 Å². The highest BCUT2D eigenvalue weighted by Gasteiger charge is 2.26. The second kappa shape index (κ2) is 6.12. The summed E-state index contributed by atoms with van der Waals surface area (Å²) >= 11 is 0. The molecule has 1 aliphatic heterocycles. The van der Waals surface area contributed by atoms with Crippen molar-refractivity contribution in [1.82, 2.24) is 9.88 Å². The highest BCUT2D eigenvalue weighted by molar-refractivity contribution is 5.88. The number of aromatic nitrogens is 1. The smallest absolute Gasteiger partial charge is 0.337 e. The molecular weight excluding hydrogens is 244 g/mol. The lowest BCUT2D eigenvalue weighted by molar-refractivity contribution is -0.00787. The van der Waals surface area contributed by atoms with E-state index in [2.05, 4.69) is 16.8 Å². The first-order valence-electron chi connectivity index (χ1n) is 6.54. The van der Waals surface area contributed by atoms with Gasteiger partial charge in [0.2, 0.25) is 0 Å². The molecule has 2 atom stereocenters. The van der Waals surface area contributed by atoms with Crippen LogP contribution in [0.25, 0.3) is 0 Å². The fourth-order valence-electron chi connectivity index (χ4n) is 2.52. The van der Waals surface area contributed by atoms with Crippen molar-refractivity contribution in [2.75, 3.05) is 20.2 Å². The van der Waals surface area contributed by atoms with Crippen LogP contribution in [-0.2, 0) is 11.3 Å². The summed E-state index contributed by atoms with van der Waals surface area (Å²) in [6, 6.07) is 3.26. The highest BCUT2D eigenvalue weighted by atomic mass is 16.5. The second-order valence-electron chi connectivity index (χ2n) is 5.08. The molecule has 1 fully saturated rings. The van der Waals surface area contributed by atoms with Crippen molar-refractivity contribution >= 4 is 5.97 Å². The minimum absolute atomic E-state index is 0.214. The van der Waals surface area contributed by atoms with Crippen LogP contribution in [-0.4, -0.2) is 47.3 Å². The number of pyridine rings is 1. The quantitative estimate of drug-likeness (QED) is 0.895. The monoisotopic (exact) mass is 264 g/mol. The molecule has 0 radical (unpaired) electrons. The van der Waals surface area contributed by atoms with Crippen LogP contribution in [0.1, 0.15) is 29.4 Å². The molecule has 104 valence electrons. The molecule has 1 aromatic heterocycles. The maximum atomic E-state index is 11.2. The lowest BCUT2D eigenvalue weighted by Gasteiger charge is -2.36. The third kappa shape index (κ3) is 3.30. The number of carboxylic acid groups (broad SMARTS) is 1. The Bertz CT molecular complexity index is 450. The van der Waals surface area contributed by atoms with Gasteiger partial charge in [-0.3, -0.25) is 9.88 Å². The van der Waals surface area contributed by atoms with Crippen LogP contribution < -0.4 is 0 Å². The minimum atomic E-state index is -0.920. The van der Waals surface area contributed by atoms with Crippen LogP contribution in [0.5, 0.6) is 0 Å². The number of aromatic carboxylic acids is 1. The Morgan fingerprint density at radius 1 is 1.63 bits per heavy atom. The van der Waals surface area contributed by atoms with E-state index in [1.165, 1.54) is 0 Å². The maximum absolute atomic E-state index is 11.2. The van der Waals surface area contributed by atoms with Crippen molar-refractivity contribution < 1.29 is 14.6 Å². The van der Waals surface area contributed by atoms with Gasteiger partial charge in [-0.2, -0.15) is 0 Å². The SMILES string of the molecule is COC1CN(Cc2ncccc2C(=O)O)CCC1C. The average Bonchev–Trinajstić information content (AvgIpc) is 2.41. The molecule has 0 bridgehead atoms. The number of nitrogens with zero attached hydrogens (tertiary/aromatic N) is 2. The summed E-state index contributed by atoms with van der Waals surface area (Å²) in [5.74, 6) is -0.374. The number of methoxy groups -OCH3 is 1. The van der Waals surface area contributed by atoms with E-state index in [9.17, 15) is 4.79 Å². The Morgan fingerprint density at radius 3 is 3.11 bits per heavy atom. The molecule has 1 aliphatic rings. The van der Waals surface area contributed by atoms with Crippen molar-refractivity contribution in [2.45, 2.75) is 26.0 Å². The lowest BCUT2D eigenvalue weighted by Crippen LogP contribution is -2.43. The van der Waals surface area contributed by atoms with Gasteiger partial charge in [0.05, 0.1) is 17.4 Å². The molecule has 0 saturated carbocycles. The molecule has 5 nitrogen and oxygen atoms in total. The molecule has 1 saturated heterocycles. The molecule has 0 spiro atoms. The Morgan fingerprint density at radius 2 is 2.42 bits per heavy atom. The number of hydrogen-bond acceptors (Lipinski definition) is 4. The number of likely N-dealkylation sites (tertiary alicyclic amines) is 1. The molecule has 19 heavy (non-hydrogen) atoms. The average molecular weight is 264 g/mol. The summed E-state index contributed by atoms with van der Waals surface area (Å²) < 4.78 is 5.47. The highest BCUT2D eigenvalue weighted by Crippen LogP contribution is 2.21. The topological polar surface area (TPSA) is 62.7 Å². The molecule has 0 aliphatic carbocycles. The predicted octanol–water partition coefficient (Wildman–Crippen LogP) is 1.64. The summed E-state index contributed by atoms with van der Waals surface area (Å²) in [5, 5.41) is 9.15. The van der Waals surface area contributed by atoms with Gasteiger partial charge in [0, 0.05) is 26.4 Å². The van der Waals surface area contributed by atoms with E-state index in [0.717, 1.165) is 19.5 Å². The number of rotatable bonds is 4. The first-order valence-corrected chi connectivity index (χ1v) is 6.54. The molecule has 5 heteroatoms. The zero-order valence-corrected chi connectivity index (χ0v) is 11.4. The minimum Gasteiger partial charge on any atom is -0.478 e. The van der Waals surface area contributed by atoms with E-state index in [0.29, 0.717) is 18.2 Å². The van der Waals surface area contributed by atoms with E-state index in [4.69, 9.17) is 9.84 Å². The molecule has 2 rings (SSSR count). The van der Waals surface area contributed by atoms with Gasteiger partial charge in [-0.05, 0) is 31.0 Å². The number of carboxylic acids is 1. The Balaban J connectivity index is 2.07. The molecule has 0 amide bonds. The van der Waals surface area contributed by atoms with Gasteiger partial charge in [-0.15, -0.1) is 0 Å². The number of hydrogen-bond donors (Lipinski definition) is 1. The van der Waals surface area contributed by atoms with E-state index < -0.39 is 5.97 Å². The molecular formula is C14H20N2O3. The van der Waals surface area contributed by atoms with Crippen LogP contribution in [0.15, 0.2) is 18.3 Å². The number of piperidine rings is 1. The summed E-state index contributed by atoms with van der Waals surface area (Å²) in [7, 11) is 1.73. The number of carbonyl (C=O) groups is 1. The fraction of sp³-hybridized carbons (Fsp3) is 0.571. The van der Waals surface area contributed by atoms with Crippen molar-refractivity contribution in [3.8, 4) is 0 Å². The standard InChI is InChI=1S/C14H20N2O3/c1-10-5-7-16(9-13(10)19-2)8-12-11(14(17)18)4-3-6-15-12/h3-4,6,10,13H,5,7-9H2,1-2H3,(H,17,18). The first-order chi connectivity index (χ1) is 9.11. The Kier molecular flexibility index (Phi) is 4.50. The zero-order valence-electron chi connectivity index (χ0n) is 11.4. The second-order valence-corrected chi connectivity index (χ2v) is 5.08. The predicted molar refractivity (Wildman–Crippen MR) is 71.1 cm³/mol. The zero-order chi connectivity index (χ0) is 13.8. The van der Waals surface area contributed by atoms with Crippen LogP contribution in [0.2, 0.25) is 0 Å². The Hall–Kier alpha value is -1.46. The van der Waals surface area contributed by atoms with Crippen LogP contribution in [0.4, 0.5) is 0 Å². The van der Waals surface area contributed by atoms with Gasteiger partial charge in [0.15, 0.2) is 0 Å². The summed E-state index contributed by atoms with van der Waals surface area (Å²) in [6.07, 6.45) is 2.92. The van der Waals surface area contributed by atoms with E-state index in [1.807, 2.05) is 0 Å². The Labute approximate surface area is 113 Å². The third-order valence-corrected chi connectivity index (χ3v) is 3.77. The van der Waals surface area contributed by atoms with Gasteiger partial charge in [0.25, 0.3) is 0 Å². The molecule has 2 unspecified atom stereocenters. The first kappa shape index (κ1) is 14.0. The van der Waals surface area contributed by atoms with E-state index in [-0.39, 0.29) is 11.7 Å². The molecule has 2 heterocycles. The van der Waals surface area contributed by atoms with Crippen molar-refractivity contribution in [1.29, 1.82) is 0 Å². The lowest BCUT2D eigenvalue weighted by atomic mass is 9.95. The summed E-state index contributed by atoms with van der Waals surface area (Å²) in [5.41, 5.74) is 0.912. The molecule has 1 N–H and O–H groups in total. The summed E-state index contributed by atoms with van der Waals surface area (Å²) in [4.78, 5) is 17.6. The largest absolute Gasteiger partial charge is 0.478 e. The van der Waals surface area contributed by atoms with Gasteiger partial charge in [-0.25, -0.2) is 4.79 Å².